The highest BCUT2D eigenvalue weighted by Gasteiger charge is 2.30. The van der Waals surface area contributed by atoms with Crippen molar-refractivity contribution in [2.45, 2.75) is 71.5 Å². The van der Waals surface area contributed by atoms with E-state index in [1.54, 1.807) is 65.8 Å². The van der Waals surface area contributed by atoms with E-state index in [1.165, 1.54) is 0 Å². The number of benzene rings is 1. The summed E-state index contributed by atoms with van der Waals surface area (Å²) in [5, 5.41) is 13.0. The van der Waals surface area contributed by atoms with Gasteiger partial charge in [-0.2, -0.15) is 0 Å². The Morgan fingerprint density at radius 2 is 1.66 bits per heavy atom. The van der Waals surface area contributed by atoms with Gasteiger partial charge >= 0.3 is 12.2 Å². The largest absolute Gasteiger partial charge is 0.511 e. The summed E-state index contributed by atoms with van der Waals surface area (Å²) < 4.78 is 15.2. The Balaban J connectivity index is 3.04. The van der Waals surface area contributed by atoms with E-state index >= 15 is 0 Å². The van der Waals surface area contributed by atoms with Crippen LogP contribution in [0.5, 0.6) is 0 Å². The summed E-state index contributed by atoms with van der Waals surface area (Å²) >= 11 is 5.06. The highest BCUT2D eigenvalue weighted by atomic mass is 32.1. The lowest BCUT2D eigenvalue weighted by atomic mass is 10.00. The van der Waals surface area contributed by atoms with Crippen LogP contribution in [0.25, 0.3) is 0 Å². The molecule has 0 radical (unpaired) electrons. The van der Waals surface area contributed by atoms with Gasteiger partial charge in [-0.25, -0.2) is 9.59 Å². The minimum Gasteiger partial charge on any atom is -0.444 e. The molecule has 0 fully saturated rings. The van der Waals surface area contributed by atoms with Crippen LogP contribution in [0, 0.1) is 0 Å². The van der Waals surface area contributed by atoms with Crippen molar-refractivity contribution in [3.05, 3.63) is 35.4 Å². The van der Waals surface area contributed by atoms with E-state index in [4.69, 9.17) is 32.2 Å². The summed E-state index contributed by atoms with van der Waals surface area (Å²) in [5.41, 5.74) is 5.45. The third-order valence-electron chi connectivity index (χ3n) is 3.38. The fraction of sp³-hybridized carbons (Fsp3) is 0.550. The number of amides is 1. The number of alkyl carbamates (subject to hydrolysis) is 1. The van der Waals surface area contributed by atoms with Crippen molar-refractivity contribution in [2.24, 2.45) is 5.73 Å². The molecule has 4 N–H and O–H groups in total. The van der Waals surface area contributed by atoms with Crippen molar-refractivity contribution in [1.29, 1.82) is 0 Å². The molecule has 0 aliphatic carbocycles. The van der Waals surface area contributed by atoms with Crippen LogP contribution in [-0.4, -0.2) is 45.9 Å². The number of thiocarbonyl (C=S) groups is 1. The Bertz CT molecular complexity index is 739. The lowest BCUT2D eigenvalue weighted by Gasteiger charge is -2.27. The predicted molar refractivity (Wildman–Crippen MR) is 113 cm³/mol. The smallest absolute Gasteiger partial charge is 0.444 e. The minimum absolute atomic E-state index is 0.0801. The SMILES string of the molecule is CC(C)(C)OC(=O)N[C@@H](Cc1ccccc1C(N)=S)C(O)OC(=O)OC(C)(C)C. The van der Waals surface area contributed by atoms with Gasteiger partial charge in [0.2, 0.25) is 6.29 Å². The van der Waals surface area contributed by atoms with Gasteiger partial charge in [0, 0.05) is 5.56 Å². The van der Waals surface area contributed by atoms with E-state index in [2.05, 4.69) is 5.32 Å². The fourth-order valence-electron chi connectivity index (χ4n) is 2.31. The molecule has 29 heavy (non-hydrogen) atoms. The molecular formula is C20H30N2O6S. The van der Waals surface area contributed by atoms with E-state index in [0.29, 0.717) is 11.1 Å². The normalized spacial score (nSPS) is 13.8. The van der Waals surface area contributed by atoms with Crippen LogP contribution in [0.3, 0.4) is 0 Å². The van der Waals surface area contributed by atoms with E-state index in [-0.39, 0.29) is 11.4 Å². The summed E-state index contributed by atoms with van der Waals surface area (Å²) in [6.07, 6.45) is -3.46. The van der Waals surface area contributed by atoms with Crippen LogP contribution in [0.4, 0.5) is 9.59 Å². The first-order valence-electron chi connectivity index (χ1n) is 9.13. The number of hydrogen-bond donors (Lipinski definition) is 3. The Labute approximate surface area is 176 Å². The van der Waals surface area contributed by atoms with Gasteiger partial charge < -0.3 is 30.4 Å². The standard InChI is InChI=1S/C20H30N2O6S/c1-19(2,3)27-17(24)22-14(16(23)26-18(25)28-20(4,5)6)11-12-9-7-8-10-13(12)15(21)29/h7-10,14,16,23H,11H2,1-6H3,(H2,21,29)(H,22,24)/t14-,16?/m0/s1. The highest BCUT2D eigenvalue weighted by molar-refractivity contribution is 7.80. The van der Waals surface area contributed by atoms with Crippen LogP contribution >= 0.6 is 12.2 Å². The predicted octanol–water partition coefficient (Wildman–Crippen LogP) is 3.03. The summed E-state index contributed by atoms with van der Waals surface area (Å²) in [7, 11) is 0. The second kappa shape index (κ2) is 9.89. The number of aliphatic hydroxyl groups is 1. The van der Waals surface area contributed by atoms with Gasteiger partial charge in [0.15, 0.2) is 0 Å². The summed E-state index contributed by atoms with van der Waals surface area (Å²) in [6.45, 7) is 10.1. The number of nitrogens with two attached hydrogens (primary N) is 1. The zero-order valence-electron chi connectivity index (χ0n) is 17.6. The summed E-state index contributed by atoms with van der Waals surface area (Å²) in [6, 6.07) is 5.97. The van der Waals surface area contributed by atoms with E-state index in [0.717, 1.165) is 0 Å². The van der Waals surface area contributed by atoms with E-state index in [1.807, 2.05) is 0 Å². The number of aliphatic hydroxyl groups excluding tert-OH is 1. The molecule has 8 nitrogen and oxygen atoms in total. The number of carbonyl (C=O) groups is 2. The topological polar surface area (TPSA) is 120 Å². The molecule has 0 saturated carbocycles. The van der Waals surface area contributed by atoms with Crippen molar-refractivity contribution in [1.82, 2.24) is 5.32 Å². The molecular weight excluding hydrogens is 396 g/mol. The molecule has 1 rings (SSSR count). The van der Waals surface area contributed by atoms with Crippen molar-refractivity contribution in [3.63, 3.8) is 0 Å². The van der Waals surface area contributed by atoms with Gasteiger partial charge in [0.25, 0.3) is 0 Å². The summed E-state index contributed by atoms with van der Waals surface area (Å²) in [4.78, 5) is 24.3. The monoisotopic (exact) mass is 426 g/mol. The van der Waals surface area contributed by atoms with E-state index < -0.39 is 35.8 Å². The molecule has 0 aliphatic rings. The van der Waals surface area contributed by atoms with Crippen molar-refractivity contribution in [3.8, 4) is 0 Å². The average Bonchev–Trinajstić information content (AvgIpc) is 2.50. The molecule has 0 spiro atoms. The number of nitrogens with one attached hydrogen (secondary N) is 1. The zero-order valence-corrected chi connectivity index (χ0v) is 18.5. The maximum absolute atomic E-state index is 12.2. The maximum atomic E-state index is 12.2. The van der Waals surface area contributed by atoms with Gasteiger partial charge in [-0.05, 0) is 53.5 Å². The third-order valence-corrected chi connectivity index (χ3v) is 3.60. The minimum atomic E-state index is -1.70. The number of rotatable bonds is 6. The maximum Gasteiger partial charge on any atom is 0.511 e. The fourth-order valence-corrected chi connectivity index (χ4v) is 2.51. The zero-order chi connectivity index (χ0) is 22.4. The Morgan fingerprint density at radius 1 is 1.10 bits per heavy atom. The second-order valence-corrected chi connectivity index (χ2v) is 8.89. The van der Waals surface area contributed by atoms with E-state index in [9.17, 15) is 14.7 Å². The molecule has 0 aliphatic heterocycles. The average molecular weight is 427 g/mol. The Hall–Kier alpha value is -2.39. The molecule has 2 atom stereocenters. The van der Waals surface area contributed by atoms with Gasteiger partial charge in [0.1, 0.15) is 16.2 Å². The van der Waals surface area contributed by atoms with Gasteiger partial charge in [-0.3, -0.25) is 0 Å². The van der Waals surface area contributed by atoms with Crippen molar-refractivity contribution >= 4 is 29.5 Å². The van der Waals surface area contributed by atoms with Crippen LogP contribution in [0.15, 0.2) is 24.3 Å². The Kier molecular flexibility index (Phi) is 8.40. The van der Waals surface area contributed by atoms with Crippen LogP contribution in [-0.2, 0) is 20.6 Å². The molecule has 162 valence electrons. The lowest BCUT2D eigenvalue weighted by molar-refractivity contribution is -0.114. The van der Waals surface area contributed by atoms with Gasteiger partial charge in [-0.15, -0.1) is 0 Å². The van der Waals surface area contributed by atoms with Gasteiger partial charge in [-0.1, -0.05) is 36.5 Å². The Morgan fingerprint density at radius 3 is 2.17 bits per heavy atom. The number of carbonyl (C=O) groups excluding carboxylic acids is 2. The van der Waals surface area contributed by atoms with Crippen LogP contribution in [0.2, 0.25) is 0 Å². The first-order valence-corrected chi connectivity index (χ1v) is 9.53. The van der Waals surface area contributed by atoms with Crippen LogP contribution in [0.1, 0.15) is 52.7 Å². The third kappa shape index (κ3) is 9.58. The molecule has 1 unspecified atom stereocenters. The first kappa shape index (κ1) is 24.6. The molecule has 0 heterocycles. The second-order valence-electron chi connectivity index (χ2n) is 8.45. The molecule has 1 aromatic rings. The van der Waals surface area contributed by atoms with Gasteiger partial charge in [0.05, 0.1) is 6.04 Å². The molecule has 1 aromatic carbocycles. The molecule has 9 heteroatoms. The first-order chi connectivity index (χ1) is 13.2. The molecule has 0 bridgehead atoms. The van der Waals surface area contributed by atoms with Crippen LogP contribution < -0.4 is 11.1 Å². The summed E-state index contributed by atoms with van der Waals surface area (Å²) in [5.74, 6) is 0. The van der Waals surface area contributed by atoms with Crippen molar-refractivity contribution in [2.75, 3.05) is 0 Å². The number of hydrogen-bond acceptors (Lipinski definition) is 7. The molecule has 1 amide bonds. The molecule has 0 aromatic heterocycles. The quantitative estimate of drug-likeness (QED) is 0.361. The molecule has 0 saturated heterocycles. The lowest BCUT2D eigenvalue weighted by Crippen LogP contribution is -2.48. The van der Waals surface area contributed by atoms with Crippen molar-refractivity contribution < 1.29 is 28.9 Å². The highest BCUT2D eigenvalue weighted by Crippen LogP contribution is 2.16. The number of ether oxygens (including phenoxy) is 3.